The number of aromatic nitrogens is 1. The fraction of sp³-hybridized carbons (Fsp3) is 0.474. The molecule has 1 aliphatic heterocycles. The molecule has 148 valence electrons. The summed E-state index contributed by atoms with van der Waals surface area (Å²) in [6.45, 7) is 5.82. The first-order valence-electron chi connectivity index (χ1n) is 8.62. The lowest BCUT2D eigenvalue weighted by molar-refractivity contribution is -0.192. The SMILES string of the molecule is CC(C)(O)c1ccc2nccc(C3CCNCC3)c2c1.O=C(O)C(F)(F)F. The predicted octanol–water partition coefficient (Wildman–Crippen LogP) is 3.56. The summed E-state index contributed by atoms with van der Waals surface area (Å²) < 4.78 is 31.7. The molecule has 1 aromatic carbocycles. The Balaban J connectivity index is 0.000000321. The molecule has 0 unspecified atom stereocenters. The first-order valence-corrected chi connectivity index (χ1v) is 8.62. The third kappa shape index (κ3) is 5.64. The van der Waals surface area contributed by atoms with Crippen LogP contribution in [0.2, 0.25) is 0 Å². The molecule has 0 atom stereocenters. The molecule has 0 radical (unpaired) electrons. The molecule has 0 saturated carbocycles. The molecule has 1 aromatic heterocycles. The molecule has 0 bridgehead atoms. The summed E-state index contributed by atoms with van der Waals surface area (Å²) in [7, 11) is 0. The van der Waals surface area contributed by atoms with Crippen molar-refractivity contribution in [1.29, 1.82) is 0 Å². The van der Waals surface area contributed by atoms with Crippen LogP contribution in [0, 0.1) is 0 Å². The van der Waals surface area contributed by atoms with Crippen molar-refractivity contribution in [2.45, 2.75) is 44.4 Å². The predicted molar refractivity (Wildman–Crippen MR) is 95.5 cm³/mol. The first kappa shape index (κ1) is 21.1. The van der Waals surface area contributed by atoms with Gasteiger partial charge in [-0.25, -0.2) is 4.79 Å². The van der Waals surface area contributed by atoms with Gasteiger partial charge < -0.3 is 15.5 Å². The highest BCUT2D eigenvalue weighted by atomic mass is 19.4. The van der Waals surface area contributed by atoms with Crippen LogP contribution in [0.5, 0.6) is 0 Å². The zero-order valence-electron chi connectivity index (χ0n) is 15.2. The minimum Gasteiger partial charge on any atom is -0.475 e. The van der Waals surface area contributed by atoms with E-state index in [-0.39, 0.29) is 0 Å². The van der Waals surface area contributed by atoms with Crippen molar-refractivity contribution in [2.24, 2.45) is 0 Å². The van der Waals surface area contributed by atoms with Gasteiger partial charge in [-0.15, -0.1) is 0 Å². The van der Waals surface area contributed by atoms with Crippen LogP contribution >= 0.6 is 0 Å². The van der Waals surface area contributed by atoms with E-state index in [1.807, 2.05) is 32.2 Å². The molecule has 0 amide bonds. The van der Waals surface area contributed by atoms with E-state index in [0.717, 1.165) is 24.2 Å². The number of piperidine rings is 1. The number of alkyl halides is 3. The fourth-order valence-electron chi connectivity index (χ4n) is 3.04. The Hall–Kier alpha value is -2.19. The van der Waals surface area contributed by atoms with Crippen LogP contribution in [0.4, 0.5) is 13.2 Å². The number of aliphatic hydroxyl groups is 1. The lowest BCUT2D eigenvalue weighted by Gasteiger charge is -2.25. The van der Waals surface area contributed by atoms with Gasteiger partial charge in [0.1, 0.15) is 0 Å². The van der Waals surface area contributed by atoms with E-state index in [9.17, 15) is 18.3 Å². The van der Waals surface area contributed by atoms with Crippen molar-refractivity contribution >= 4 is 16.9 Å². The molecule has 1 saturated heterocycles. The molecule has 8 heteroatoms. The van der Waals surface area contributed by atoms with Crippen molar-refractivity contribution in [2.75, 3.05) is 13.1 Å². The lowest BCUT2D eigenvalue weighted by Crippen LogP contribution is -2.26. The van der Waals surface area contributed by atoms with E-state index in [1.54, 1.807) is 0 Å². The normalized spacial score (nSPS) is 15.9. The molecule has 0 spiro atoms. The number of nitrogens with one attached hydrogen (secondary N) is 1. The van der Waals surface area contributed by atoms with Gasteiger partial charge in [-0.1, -0.05) is 6.07 Å². The van der Waals surface area contributed by atoms with Gasteiger partial charge in [0.2, 0.25) is 0 Å². The monoisotopic (exact) mass is 384 g/mol. The van der Waals surface area contributed by atoms with Crippen LogP contribution in [0.25, 0.3) is 10.9 Å². The fourth-order valence-corrected chi connectivity index (χ4v) is 3.04. The summed E-state index contributed by atoms with van der Waals surface area (Å²) >= 11 is 0. The molecule has 5 nitrogen and oxygen atoms in total. The highest BCUT2D eigenvalue weighted by Crippen LogP contribution is 2.32. The van der Waals surface area contributed by atoms with Crippen LogP contribution in [0.15, 0.2) is 30.5 Å². The number of pyridine rings is 1. The molecule has 1 aliphatic rings. The number of nitrogens with zero attached hydrogens (tertiary/aromatic N) is 1. The Morgan fingerprint density at radius 2 is 1.78 bits per heavy atom. The number of aliphatic carboxylic acids is 1. The van der Waals surface area contributed by atoms with Gasteiger partial charge in [-0.05, 0) is 75.0 Å². The summed E-state index contributed by atoms with van der Waals surface area (Å²) in [5.41, 5.74) is 2.54. The Morgan fingerprint density at radius 3 is 2.30 bits per heavy atom. The Bertz CT molecular complexity index is 795. The minimum atomic E-state index is -5.08. The molecule has 2 aromatic rings. The second-order valence-electron chi connectivity index (χ2n) is 7.02. The zero-order valence-corrected chi connectivity index (χ0v) is 15.2. The molecule has 3 rings (SSSR count). The maximum atomic E-state index is 10.6. The van der Waals surface area contributed by atoms with E-state index in [2.05, 4.69) is 22.4 Å². The van der Waals surface area contributed by atoms with Crippen LogP contribution in [-0.2, 0) is 10.4 Å². The highest BCUT2D eigenvalue weighted by molar-refractivity contribution is 5.83. The maximum absolute atomic E-state index is 10.6. The minimum absolute atomic E-state index is 0.596. The number of carboxylic acid groups (broad SMARTS) is 1. The van der Waals surface area contributed by atoms with E-state index in [1.165, 1.54) is 23.8 Å². The van der Waals surface area contributed by atoms with Gasteiger partial charge in [-0.2, -0.15) is 13.2 Å². The molecule has 1 fully saturated rings. The molecule has 3 N–H and O–H groups in total. The standard InChI is InChI=1S/C17H22N2O.C2HF3O2/c1-17(2,20)13-3-4-16-15(11-13)14(7-10-19-16)12-5-8-18-9-6-12;3-2(4,5)1(6)7/h3-4,7,10-12,18,20H,5-6,8-9H2,1-2H3;(H,6,7). The van der Waals surface area contributed by atoms with E-state index >= 15 is 0 Å². The van der Waals surface area contributed by atoms with Crippen molar-refractivity contribution in [3.63, 3.8) is 0 Å². The van der Waals surface area contributed by atoms with E-state index in [0.29, 0.717) is 5.92 Å². The number of halogens is 3. The van der Waals surface area contributed by atoms with Crippen molar-refractivity contribution in [1.82, 2.24) is 10.3 Å². The van der Waals surface area contributed by atoms with Crippen molar-refractivity contribution < 1.29 is 28.2 Å². The number of hydrogen-bond donors (Lipinski definition) is 3. The number of rotatable bonds is 2. The van der Waals surface area contributed by atoms with Gasteiger partial charge in [0.25, 0.3) is 0 Å². The van der Waals surface area contributed by atoms with Crippen molar-refractivity contribution in [3.8, 4) is 0 Å². The summed E-state index contributed by atoms with van der Waals surface area (Å²) in [5.74, 6) is -2.16. The number of hydrogen-bond acceptors (Lipinski definition) is 4. The number of carbonyl (C=O) groups is 1. The van der Waals surface area contributed by atoms with Crippen LogP contribution < -0.4 is 5.32 Å². The van der Waals surface area contributed by atoms with E-state index in [4.69, 9.17) is 9.90 Å². The smallest absolute Gasteiger partial charge is 0.475 e. The van der Waals surface area contributed by atoms with Crippen molar-refractivity contribution in [3.05, 3.63) is 41.6 Å². The van der Waals surface area contributed by atoms with E-state index < -0.39 is 17.7 Å². The van der Waals surface area contributed by atoms with Crippen LogP contribution in [0.3, 0.4) is 0 Å². The van der Waals surface area contributed by atoms with Crippen LogP contribution in [0.1, 0.15) is 43.7 Å². The second kappa shape index (κ2) is 8.22. The summed E-state index contributed by atoms with van der Waals surface area (Å²) in [6, 6.07) is 8.25. The molecule has 27 heavy (non-hydrogen) atoms. The van der Waals surface area contributed by atoms with Gasteiger partial charge in [0, 0.05) is 11.6 Å². The molecular formula is C19H23F3N2O3. The summed E-state index contributed by atoms with van der Waals surface area (Å²) in [5, 5.41) is 22.0. The lowest BCUT2D eigenvalue weighted by atomic mass is 9.86. The average Bonchev–Trinajstić information content (AvgIpc) is 2.60. The third-order valence-electron chi connectivity index (χ3n) is 4.50. The van der Waals surface area contributed by atoms with Gasteiger partial charge in [0.05, 0.1) is 11.1 Å². The average molecular weight is 384 g/mol. The number of fused-ring (bicyclic) bond motifs is 1. The maximum Gasteiger partial charge on any atom is 0.490 e. The van der Waals surface area contributed by atoms with Crippen LogP contribution in [-0.4, -0.2) is 40.4 Å². The topological polar surface area (TPSA) is 82.5 Å². The Kier molecular flexibility index (Phi) is 6.43. The first-order chi connectivity index (χ1) is 12.5. The number of benzene rings is 1. The largest absolute Gasteiger partial charge is 0.490 e. The molecule has 2 heterocycles. The Labute approximate surface area is 155 Å². The Morgan fingerprint density at radius 1 is 1.19 bits per heavy atom. The zero-order chi connectivity index (χ0) is 20.2. The third-order valence-corrected chi connectivity index (χ3v) is 4.50. The second-order valence-corrected chi connectivity index (χ2v) is 7.02. The summed E-state index contributed by atoms with van der Waals surface area (Å²) in [4.78, 5) is 13.4. The van der Waals surface area contributed by atoms with Gasteiger partial charge >= 0.3 is 12.1 Å². The van der Waals surface area contributed by atoms with Gasteiger partial charge in [0.15, 0.2) is 0 Å². The molecular weight excluding hydrogens is 361 g/mol. The molecule has 0 aliphatic carbocycles. The highest BCUT2D eigenvalue weighted by Gasteiger charge is 2.38. The summed E-state index contributed by atoms with van der Waals surface area (Å²) in [6.07, 6.45) is -0.832. The quantitative estimate of drug-likeness (QED) is 0.738. The van der Waals surface area contributed by atoms with Gasteiger partial charge in [-0.3, -0.25) is 4.98 Å². The number of carboxylic acids is 1.